The fourth-order valence-corrected chi connectivity index (χ4v) is 2.35. The zero-order chi connectivity index (χ0) is 11.3. The Morgan fingerprint density at radius 2 is 1.93 bits per heavy atom. The summed E-state index contributed by atoms with van der Waals surface area (Å²) in [5, 5.41) is 0. The summed E-state index contributed by atoms with van der Waals surface area (Å²) in [6.07, 6.45) is 11.3. The molecule has 0 aromatic carbocycles. The van der Waals surface area contributed by atoms with Gasteiger partial charge in [-0.1, -0.05) is 44.4 Å². The van der Waals surface area contributed by atoms with Crippen molar-refractivity contribution in [3.05, 3.63) is 24.3 Å². The lowest BCUT2D eigenvalue weighted by atomic mass is 9.79. The highest BCUT2D eigenvalue weighted by atomic mass is 14.2. The third kappa shape index (κ3) is 4.24. The van der Waals surface area contributed by atoms with E-state index in [1.54, 1.807) is 5.57 Å². The van der Waals surface area contributed by atoms with Crippen LogP contribution in [-0.4, -0.2) is 0 Å². The molecule has 1 aliphatic carbocycles. The van der Waals surface area contributed by atoms with Crippen molar-refractivity contribution in [3.63, 3.8) is 0 Å². The van der Waals surface area contributed by atoms with Crippen LogP contribution in [0.3, 0.4) is 0 Å². The number of allylic oxidation sites excluding steroid dienone is 3. The van der Waals surface area contributed by atoms with E-state index in [-0.39, 0.29) is 0 Å². The van der Waals surface area contributed by atoms with Gasteiger partial charge in [-0.3, -0.25) is 0 Å². The van der Waals surface area contributed by atoms with Crippen molar-refractivity contribution in [2.45, 2.75) is 52.9 Å². The van der Waals surface area contributed by atoms with E-state index in [0.717, 1.165) is 11.8 Å². The van der Waals surface area contributed by atoms with Crippen LogP contribution in [0.5, 0.6) is 0 Å². The standard InChI is InChI=1S/C15H26/c1-5-12(2)6-9-14(4)15-10-7-13(3)8-11-15/h5,9,12-13,15H,1,6-8,10-11H2,2-4H3/b14-9+. The highest BCUT2D eigenvalue weighted by Crippen LogP contribution is 2.33. The van der Waals surface area contributed by atoms with Crippen molar-refractivity contribution in [1.29, 1.82) is 0 Å². The molecule has 0 nitrogen and oxygen atoms in total. The molecule has 0 amide bonds. The van der Waals surface area contributed by atoms with Crippen molar-refractivity contribution >= 4 is 0 Å². The maximum absolute atomic E-state index is 3.83. The first-order chi connectivity index (χ1) is 7.13. The molecule has 0 radical (unpaired) electrons. The highest BCUT2D eigenvalue weighted by molar-refractivity contribution is 5.05. The van der Waals surface area contributed by atoms with E-state index in [2.05, 4.69) is 33.4 Å². The second-order valence-electron chi connectivity index (χ2n) is 5.35. The van der Waals surface area contributed by atoms with Crippen LogP contribution in [0.4, 0.5) is 0 Å². The summed E-state index contributed by atoms with van der Waals surface area (Å²) >= 11 is 0. The first-order valence-corrected chi connectivity index (χ1v) is 6.42. The first kappa shape index (κ1) is 12.5. The Bertz CT molecular complexity index is 216. The van der Waals surface area contributed by atoms with Gasteiger partial charge in [0.1, 0.15) is 0 Å². The molecule has 0 aromatic rings. The molecule has 1 fully saturated rings. The van der Waals surface area contributed by atoms with Crippen LogP contribution in [0.15, 0.2) is 24.3 Å². The number of hydrogen-bond donors (Lipinski definition) is 0. The molecule has 15 heavy (non-hydrogen) atoms. The molecule has 0 heteroatoms. The minimum atomic E-state index is 0.627. The van der Waals surface area contributed by atoms with E-state index in [4.69, 9.17) is 0 Å². The van der Waals surface area contributed by atoms with Gasteiger partial charge in [0.05, 0.1) is 0 Å². The first-order valence-electron chi connectivity index (χ1n) is 6.42. The molecule has 1 aliphatic rings. The maximum Gasteiger partial charge on any atom is -0.0206 e. The van der Waals surface area contributed by atoms with Gasteiger partial charge in [0.15, 0.2) is 0 Å². The Labute approximate surface area is 95.5 Å². The lowest BCUT2D eigenvalue weighted by Gasteiger charge is -2.27. The number of rotatable bonds is 4. The van der Waals surface area contributed by atoms with Gasteiger partial charge >= 0.3 is 0 Å². The fraction of sp³-hybridized carbons (Fsp3) is 0.733. The highest BCUT2D eigenvalue weighted by Gasteiger charge is 2.18. The molecule has 0 aromatic heterocycles. The maximum atomic E-state index is 3.83. The van der Waals surface area contributed by atoms with E-state index in [0.29, 0.717) is 5.92 Å². The quantitative estimate of drug-likeness (QED) is 0.570. The van der Waals surface area contributed by atoms with Crippen LogP contribution in [0.2, 0.25) is 0 Å². The predicted octanol–water partition coefficient (Wildman–Crippen LogP) is 4.97. The molecular formula is C15H26. The minimum absolute atomic E-state index is 0.627. The van der Waals surface area contributed by atoms with Crippen LogP contribution in [-0.2, 0) is 0 Å². The van der Waals surface area contributed by atoms with Crippen molar-refractivity contribution in [2.24, 2.45) is 17.8 Å². The van der Waals surface area contributed by atoms with Crippen LogP contribution in [0, 0.1) is 17.8 Å². The molecule has 0 spiro atoms. The van der Waals surface area contributed by atoms with E-state index >= 15 is 0 Å². The smallest absolute Gasteiger partial charge is 0.0206 e. The summed E-state index contributed by atoms with van der Waals surface area (Å²) in [6, 6.07) is 0. The molecule has 0 saturated heterocycles. The average molecular weight is 206 g/mol. The molecule has 1 atom stereocenters. The molecule has 0 heterocycles. The average Bonchev–Trinajstić information content (AvgIpc) is 2.26. The molecule has 0 aliphatic heterocycles. The zero-order valence-corrected chi connectivity index (χ0v) is 10.6. The molecule has 0 bridgehead atoms. The van der Waals surface area contributed by atoms with E-state index in [1.807, 2.05) is 6.08 Å². The summed E-state index contributed by atoms with van der Waals surface area (Å²) in [5.41, 5.74) is 1.62. The van der Waals surface area contributed by atoms with Crippen molar-refractivity contribution in [1.82, 2.24) is 0 Å². The Morgan fingerprint density at radius 3 is 2.47 bits per heavy atom. The van der Waals surface area contributed by atoms with Crippen LogP contribution in [0.25, 0.3) is 0 Å². The van der Waals surface area contributed by atoms with E-state index < -0.39 is 0 Å². The van der Waals surface area contributed by atoms with Gasteiger partial charge in [-0.15, -0.1) is 6.58 Å². The Balaban J connectivity index is 2.38. The summed E-state index contributed by atoms with van der Waals surface area (Å²) in [7, 11) is 0. The lowest BCUT2D eigenvalue weighted by Crippen LogP contribution is -2.13. The minimum Gasteiger partial charge on any atom is -0.103 e. The lowest BCUT2D eigenvalue weighted by molar-refractivity contribution is 0.319. The monoisotopic (exact) mass is 206 g/mol. The predicted molar refractivity (Wildman–Crippen MR) is 68.9 cm³/mol. The SMILES string of the molecule is C=CC(C)C/C=C(\C)C1CCC(C)CC1. The van der Waals surface area contributed by atoms with Crippen molar-refractivity contribution in [2.75, 3.05) is 0 Å². The van der Waals surface area contributed by atoms with Gasteiger partial charge in [-0.05, 0) is 43.9 Å². The normalized spacial score (nSPS) is 29.9. The fourth-order valence-electron chi connectivity index (χ4n) is 2.35. The topological polar surface area (TPSA) is 0 Å². The van der Waals surface area contributed by atoms with E-state index in [9.17, 15) is 0 Å². The third-order valence-corrected chi connectivity index (χ3v) is 3.87. The van der Waals surface area contributed by atoms with Gasteiger partial charge in [-0.25, -0.2) is 0 Å². The van der Waals surface area contributed by atoms with Crippen LogP contribution in [0.1, 0.15) is 52.9 Å². The van der Waals surface area contributed by atoms with Gasteiger partial charge in [-0.2, -0.15) is 0 Å². The Kier molecular flexibility index (Phi) is 5.14. The zero-order valence-electron chi connectivity index (χ0n) is 10.6. The van der Waals surface area contributed by atoms with Gasteiger partial charge < -0.3 is 0 Å². The molecule has 0 N–H and O–H groups in total. The van der Waals surface area contributed by atoms with Gasteiger partial charge in [0.25, 0.3) is 0 Å². The van der Waals surface area contributed by atoms with Crippen molar-refractivity contribution < 1.29 is 0 Å². The van der Waals surface area contributed by atoms with Gasteiger partial charge in [0.2, 0.25) is 0 Å². The van der Waals surface area contributed by atoms with Gasteiger partial charge in [0, 0.05) is 0 Å². The van der Waals surface area contributed by atoms with Crippen LogP contribution < -0.4 is 0 Å². The summed E-state index contributed by atoms with van der Waals surface area (Å²) in [5.74, 6) is 2.46. The van der Waals surface area contributed by atoms with Crippen LogP contribution >= 0.6 is 0 Å². The molecule has 1 saturated carbocycles. The molecule has 86 valence electrons. The molecule has 1 rings (SSSR count). The summed E-state index contributed by atoms with van der Waals surface area (Å²) in [4.78, 5) is 0. The molecule has 1 unspecified atom stereocenters. The van der Waals surface area contributed by atoms with Crippen molar-refractivity contribution in [3.8, 4) is 0 Å². The summed E-state index contributed by atoms with van der Waals surface area (Å²) in [6.45, 7) is 10.8. The second-order valence-corrected chi connectivity index (χ2v) is 5.35. The molecular weight excluding hydrogens is 180 g/mol. The Morgan fingerprint density at radius 1 is 1.33 bits per heavy atom. The number of hydrogen-bond acceptors (Lipinski definition) is 0. The Hall–Kier alpha value is -0.520. The largest absolute Gasteiger partial charge is 0.103 e. The summed E-state index contributed by atoms with van der Waals surface area (Å²) < 4.78 is 0. The van der Waals surface area contributed by atoms with E-state index in [1.165, 1.54) is 32.1 Å². The second kappa shape index (κ2) is 6.15. The third-order valence-electron chi connectivity index (χ3n) is 3.87.